The molecule has 1 heterocycles. The Morgan fingerprint density at radius 3 is 2.40 bits per heavy atom. The summed E-state index contributed by atoms with van der Waals surface area (Å²) in [4.78, 5) is 12.2. The van der Waals surface area contributed by atoms with E-state index in [1.807, 2.05) is 62.6 Å². The van der Waals surface area contributed by atoms with Crippen LogP contribution in [0.1, 0.15) is 25.0 Å². The minimum absolute atomic E-state index is 0.0817. The Morgan fingerprint density at radius 1 is 1.05 bits per heavy atom. The van der Waals surface area contributed by atoms with E-state index in [9.17, 15) is 4.79 Å². The van der Waals surface area contributed by atoms with E-state index in [-0.39, 0.29) is 5.56 Å². The lowest BCUT2D eigenvalue weighted by atomic mass is 10.0. The largest absolute Gasteiger partial charge is 0.494 e. The molecule has 0 saturated carbocycles. The first kappa shape index (κ1) is 14.4. The van der Waals surface area contributed by atoms with E-state index in [2.05, 4.69) is 0 Å². The Morgan fingerprint density at radius 2 is 1.80 bits per heavy atom. The molecule has 0 spiro atoms. The number of aryl methyl sites for hydroxylation is 2. The van der Waals surface area contributed by atoms with Gasteiger partial charge in [-0.15, -0.1) is 0 Å². The molecule has 0 aliphatic carbocycles. The van der Waals surface area contributed by atoms with Crippen LogP contribution in [0.15, 0.2) is 35.1 Å². The van der Waals surface area contributed by atoms with Crippen LogP contribution in [0.25, 0.3) is 11.3 Å². The van der Waals surface area contributed by atoms with Gasteiger partial charge in [0.15, 0.2) is 0 Å². The molecule has 0 aliphatic heterocycles. The first-order valence-corrected chi connectivity index (χ1v) is 7.02. The number of rotatable bonds is 4. The zero-order valence-corrected chi connectivity index (χ0v) is 12.6. The van der Waals surface area contributed by atoms with Crippen molar-refractivity contribution in [2.45, 2.75) is 34.2 Å². The summed E-state index contributed by atoms with van der Waals surface area (Å²) in [7, 11) is 0. The minimum Gasteiger partial charge on any atom is -0.494 e. The van der Waals surface area contributed by atoms with Gasteiger partial charge >= 0.3 is 0 Å². The van der Waals surface area contributed by atoms with Gasteiger partial charge in [0.2, 0.25) is 0 Å². The van der Waals surface area contributed by atoms with Crippen LogP contribution in [-0.4, -0.2) is 11.2 Å². The number of hydrogen-bond acceptors (Lipinski definition) is 2. The molecule has 1 aromatic heterocycles. The molecule has 106 valence electrons. The third-order valence-corrected chi connectivity index (χ3v) is 3.47. The van der Waals surface area contributed by atoms with Crippen LogP contribution in [0.4, 0.5) is 0 Å². The summed E-state index contributed by atoms with van der Waals surface area (Å²) in [5.74, 6) is 0.867. The SMILES string of the molecule is CCOc1ccc(-c2ccc(C)c(=O)n2CC)c(C)c1. The Balaban J connectivity index is 2.57. The van der Waals surface area contributed by atoms with E-state index >= 15 is 0 Å². The number of benzene rings is 1. The average molecular weight is 271 g/mol. The Hall–Kier alpha value is -2.03. The monoisotopic (exact) mass is 271 g/mol. The fraction of sp³-hybridized carbons (Fsp3) is 0.353. The van der Waals surface area contributed by atoms with Gasteiger partial charge in [-0.05, 0) is 57.5 Å². The predicted molar refractivity (Wildman–Crippen MR) is 82.5 cm³/mol. The quantitative estimate of drug-likeness (QED) is 0.851. The average Bonchev–Trinajstić information content (AvgIpc) is 2.43. The van der Waals surface area contributed by atoms with Crippen LogP contribution in [0.3, 0.4) is 0 Å². The molecule has 0 unspecified atom stereocenters. The van der Waals surface area contributed by atoms with Crippen LogP contribution in [-0.2, 0) is 6.54 Å². The smallest absolute Gasteiger partial charge is 0.253 e. The highest BCUT2D eigenvalue weighted by Gasteiger charge is 2.10. The van der Waals surface area contributed by atoms with Gasteiger partial charge in [0.05, 0.1) is 12.3 Å². The van der Waals surface area contributed by atoms with Crippen molar-refractivity contribution in [3.8, 4) is 17.0 Å². The van der Waals surface area contributed by atoms with Crippen LogP contribution in [0, 0.1) is 13.8 Å². The standard InChI is InChI=1S/C17H21NO2/c1-5-18-16(10-7-12(3)17(18)19)15-9-8-14(20-6-2)11-13(15)4/h7-11H,5-6H2,1-4H3. The second kappa shape index (κ2) is 5.95. The summed E-state index contributed by atoms with van der Waals surface area (Å²) in [5, 5.41) is 0. The molecule has 0 N–H and O–H groups in total. The molecular weight excluding hydrogens is 250 g/mol. The van der Waals surface area contributed by atoms with Crippen molar-refractivity contribution in [2.75, 3.05) is 6.61 Å². The molecule has 3 nitrogen and oxygen atoms in total. The molecule has 1 aromatic carbocycles. The van der Waals surface area contributed by atoms with Crippen LogP contribution < -0.4 is 10.3 Å². The number of hydrogen-bond donors (Lipinski definition) is 0. The molecule has 20 heavy (non-hydrogen) atoms. The van der Waals surface area contributed by atoms with Gasteiger partial charge in [-0.3, -0.25) is 4.79 Å². The lowest BCUT2D eigenvalue weighted by molar-refractivity contribution is 0.340. The lowest BCUT2D eigenvalue weighted by Gasteiger charge is -2.15. The molecule has 0 saturated heterocycles. The van der Waals surface area contributed by atoms with E-state index in [1.54, 1.807) is 0 Å². The number of nitrogens with zero attached hydrogens (tertiary/aromatic N) is 1. The number of aromatic nitrogens is 1. The molecule has 0 amide bonds. The fourth-order valence-corrected chi connectivity index (χ4v) is 2.42. The van der Waals surface area contributed by atoms with Gasteiger partial charge in [-0.25, -0.2) is 0 Å². The Kier molecular flexibility index (Phi) is 4.28. The van der Waals surface area contributed by atoms with Gasteiger partial charge in [0, 0.05) is 17.7 Å². The zero-order valence-electron chi connectivity index (χ0n) is 12.6. The minimum atomic E-state index is 0.0817. The molecule has 2 aromatic rings. The fourth-order valence-electron chi connectivity index (χ4n) is 2.42. The lowest BCUT2D eigenvalue weighted by Crippen LogP contribution is -2.22. The first-order chi connectivity index (χ1) is 9.58. The van der Waals surface area contributed by atoms with Crippen molar-refractivity contribution >= 4 is 0 Å². The van der Waals surface area contributed by atoms with Crippen molar-refractivity contribution in [3.05, 3.63) is 51.8 Å². The molecule has 2 rings (SSSR count). The maximum atomic E-state index is 12.2. The molecule has 0 atom stereocenters. The van der Waals surface area contributed by atoms with E-state index < -0.39 is 0 Å². The van der Waals surface area contributed by atoms with Crippen molar-refractivity contribution in [1.29, 1.82) is 0 Å². The van der Waals surface area contributed by atoms with Gasteiger partial charge in [0.25, 0.3) is 5.56 Å². The van der Waals surface area contributed by atoms with Crippen molar-refractivity contribution in [3.63, 3.8) is 0 Å². The van der Waals surface area contributed by atoms with E-state index in [1.165, 1.54) is 0 Å². The van der Waals surface area contributed by atoms with Gasteiger partial charge in [0.1, 0.15) is 5.75 Å². The normalized spacial score (nSPS) is 10.6. The highest BCUT2D eigenvalue weighted by Crippen LogP contribution is 2.26. The van der Waals surface area contributed by atoms with E-state index in [4.69, 9.17) is 4.74 Å². The molecule has 0 aliphatic rings. The van der Waals surface area contributed by atoms with Gasteiger partial charge in [-0.1, -0.05) is 6.07 Å². The maximum absolute atomic E-state index is 12.2. The highest BCUT2D eigenvalue weighted by molar-refractivity contribution is 5.65. The predicted octanol–water partition coefficient (Wildman–Crippen LogP) is 3.55. The summed E-state index contributed by atoms with van der Waals surface area (Å²) in [6.07, 6.45) is 0. The second-order valence-corrected chi connectivity index (χ2v) is 4.86. The van der Waals surface area contributed by atoms with Crippen LogP contribution >= 0.6 is 0 Å². The van der Waals surface area contributed by atoms with Crippen molar-refractivity contribution < 1.29 is 4.74 Å². The molecular formula is C17H21NO2. The molecule has 0 fully saturated rings. The number of ether oxygens (including phenoxy) is 1. The Labute approximate surface area is 119 Å². The van der Waals surface area contributed by atoms with Crippen LogP contribution in [0.5, 0.6) is 5.75 Å². The van der Waals surface area contributed by atoms with Crippen LogP contribution in [0.2, 0.25) is 0 Å². The molecule has 0 bridgehead atoms. The second-order valence-electron chi connectivity index (χ2n) is 4.86. The zero-order chi connectivity index (χ0) is 14.7. The third-order valence-electron chi connectivity index (χ3n) is 3.47. The summed E-state index contributed by atoms with van der Waals surface area (Å²) in [5.41, 5.74) is 4.01. The highest BCUT2D eigenvalue weighted by atomic mass is 16.5. The Bertz CT molecular complexity index is 671. The summed E-state index contributed by atoms with van der Waals surface area (Å²) in [6.45, 7) is 9.18. The summed E-state index contributed by atoms with van der Waals surface area (Å²) >= 11 is 0. The van der Waals surface area contributed by atoms with E-state index in [0.29, 0.717) is 13.2 Å². The maximum Gasteiger partial charge on any atom is 0.253 e. The van der Waals surface area contributed by atoms with E-state index in [0.717, 1.165) is 28.1 Å². The van der Waals surface area contributed by atoms with Gasteiger partial charge < -0.3 is 9.30 Å². The molecule has 0 radical (unpaired) electrons. The van der Waals surface area contributed by atoms with Crippen molar-refractivity contribution in [1.82, 2.24) is 4.57 Å². The summed E-state index contributed by atoms with van der Waals surface area (Å²) < 4.78 is 7.33. The summed E-state index contributed by atoms with van der Waals surface area (Å²) in [6, 6.07) is 9.90. The van der Waals surface area contributed by atoms with Crippen molar-refractivity contribution in [2.24, 2.45) is 0 Å². The third kappa shape index (κ3) is 2.62. The molecule has 3 heteroatoms. The number of pyridine rings is 1. The first-order valence-electron chi connectivity index (χ1n) is 7.02. The topological polar surface area (TPSA) is 31.2 Å². The van der Waals surface area contributed by atoms with Gasteiger partial charge in [-0.2, -0.15) is 0 Å².